The lowest BCUT2D eigenvalue weighted by molar-refractivity contribution is -0.111. The van der Waals surface area contributed by atoms with Gasteiger partial charge in [-0.1, -0.05) is 115 Å². The Morgan fingerprint density at radius 1 is 0.543 bits per heavy atom. The summed E-state index contributed by atoms with van der Waals surface area (Å²) in [5, 5.41) is 0.376. The number of unbranched alkanes of at least 4 members (excludes halogenated alkanes) is 16. The Balaban J connectivity index is 3.49. The summed E-state index contributed by atoms with van der Waals surface area (Å²) in [6, 6.07) is 0.875. The molecule has 0 saturated carbocycles. The van der Waals surface area contributed by atoms with E-state index in [1.165, 1.54) is 102 Å². The molecule has 0 heterocycles. The molecular formula is C29H60O4SSi. The van der Waals surface area contributed by atoms with E-state index in [0.717, 1.165) is 43.9 Å². The third-order valence-corrected chi connectivity index (χ3v) is 10.6. The highest BCUT2D eigenvalue weighted by Gasteiger charge is 2.39. The summed E-state index contributed by atoms with van der Waals surface area (Å²) in [6.45, 7) is 10.2. The molecule has 0 aliphatic carbocycles. The molecule has 0 aromatic rings. The van der Waals surface area contributed by atoms with Crippen molar-refractivity contribution in [2.24, 2.45) is 0 Å². The molecule has 4 nitrogen and oxygen atoms in total. The van der Waals surface area contributed by atoms with Gasteiger partial charge in [0, 0.05) is 38.0 Å². The summed E-state index contributed by atoms with van der Waals surface area (Å²) >= 11 is 1.53. The zero-order valence-corrected chi connectivity index (χ0v) is 25.8. The first kappa shape index (κ1) is 35.1. The molecule has 0 unspecified atom stereocenters. The molecule has 0 N–H and O–H groups in total. The van der Waals surface area contributed by atoms with Crippen LogP contribution in [0.2, 0.25) is 6.04 Å². The van der Waals surface area contributed by atoms with Crippen LogP contribution in [0.15, 0.2) is 0 Å². The predicted octanol–water partition coefficient (Wildman–Crippen LogP) is 9.73. The summed E-state index contributed by atoms with van der Waals surface area (Å²) < 4.78 is 17.7. The molecule has 0 bridgehead atoms. The van der Waals surface area contributed by atoms with Gasteiger partial charge < -0.3 is 13.3 Å². The van der Waals surface area contributed by atoms with Gasteiger partial charge in [0.1, 0.15) is 0 Å². The first-order valence-corrected chi connectivity index (χ1v) is 18.1. The fraction of sp³-hybridized carbons (Fsp3) is 0.966. The second-order valence-electron chi connectivity index (χ2n) is 9.71. The molecule has 0 amide bonds. The molecule has 0 aliphatic rings. The van der Waals surface area contributed by atoms with Crippen LogP contribution in [0.25, 0.3) is 0 Å². The van der Waals surface area contributed by atoms with Crippen LogP contribution < -0.4 is 0 Å². The Kier molecular flexibility index (Phi) is 27.3. The zero-order valence-electron chi connectivity index (χ0n) is 24.0. The van der Waals surface area contributed by atoms with Crippen molar-refractivity contribution in [3.05, 3.63) is 0 Å². The fourth-order valence-electron chi connectivity index (χ4n) is 4.52. The average molecular weight is 533 g/mol. The van der Waals surface area contributed by atoms with E-state index in [-0.39, 0.29) is 0 Å². The van der Waals surface area contributed by atoms with Crippen LogP contribution in [0.5, 0.6) is 0 Å². The van der Waals surface area contributed by atoms with Crippen LogP contribution in [0.3, 0.4) is 0 Å². The monoisotopic (exact) mass is 532 g/mol. The zero-order chi connectivity index (χ0) is 25.9. The van der Waals surface area contributed by atoms with Gasteiger partial charge in [-0.15, -0.1) is 0 Å². The number of hydrogen-bond acceptors (Lipinski definition) is 5. The Morgan fingerprint density at radius 2 is 0.943 bits per heavy atom. The quantitative estimate of drug-likeness (QED) is 0.0741. The molecule has 0 aromatic carbocycles. The molecule has 0 radical (unpaired) electrons. The molecule has 210 valence electrons. The Bertz CT molecular complexity index is 433. The molecule has 0 fully saturated rings. The van der Waals surface area contributed by atoms with E-state index in [1.807, 2.05) is 20.8 Å². The van der Waals surface area contributed by atoms with Crippen LogP contribution in [-0.4, -0.2) is 39.5 Å². The lowest BCUT2D eigenvalue weighted by Crippen LogP contribution is -2.45. The molecule has 0 rings (SSSR count). The van der Waals surface area contributed by atoms with Crippen LogP contribution in [0.1, 0.15) is 150 Å². The molecular weight excluding hydrogens is 472 g/mol. The van der Waals surface area contributed by atoms with Gasteiger partial charge in [-0.25, -0.2) is 0 Å². The first-order chi connectivity index (χ1) is 17.1. The van der Waals surface area contributed by atoms with Gasteiger partial charge in [0.15, 0.2) is 5.12 Å². The van der Waals surface area contributed by atoms with E-state index in [4.69, 9.17) is 13.3 Å². The van der Waals surface area contributed by atoms with Crippen molar-refractivity contribution < 1.29 is 18.1 Å². The van der Waals surface area contributed by atoms with Crippen LogP contribution in [0.4, 0.5) is 0 Å². The number of carbonyl (C=O) groups excluding carboxylic acids is 1. The molecule has 0 saturated heterocycles. The van der Waals surface area contributed by atoms with Crippen molar-refractivity contribution >= 4 is 25.7 Å². The molecule has 6 heteroatoms. The van der Waals surface area contributed by atoms with Crippen molar-refractivity contribution in [1.82, 2.24) is 0 Å². The normalized spacial score (nSPS) is 11.9. The maximum absolute atomic E-state index is 12.1. The van der Waals surface area contributed by atoms with Crippen molar-refractivity contribution in [3.63, 3.8) is 0 Å². The Labute approximate surface area is 224 Å². The molecule has 35 heavy (non-hydrogen) atoms. The second-order valence-corrected chi connectivity index (χ2v) is 13.6. The topological polar surface area (TPSA) is 44.8 Å². The van der Waals surface area contributed by atoms with Crippen molar-refractivity contribution in [1.29, 1.82) is 0 Å². The summed E-state index contributed by atoms with van der Waals surface area (Å²) in [4.78, 5) is 12.1. The minimum Gasteiger partial charge on any atom is -0.374 e. The number of carbonyl (C=O) groups is 1. The SMILES string of the molecule is CCCCCCCCCCCCCCCCCC(=O)SCCCCC[Si](OCC)(OCC)OCC. The minimum atomic E-state index is -2.50. The summed E-state index contributed by atoms with van der Waals surface area (Å²) in [5.74, 6) is 0.935. The van der Waals surface area contributed by atoms with E-state index in [1.54, 1.807) is 0 Å². The highest BCUT2D eigenvalue weighted by atomic mass is 32.2. The smallest absolute Gasteiger partial charge is 0.374 e. The van der Waals surface area contributed by atoms with Gasteiger partial charge in [-0.2, -0.15) is 0 Å². The van der Waals surface area contributed by atoms with Crippen molar-refractivity contribution in [2.75, 3.05) is 25.6 Å². The minimum absolute atomic E-state index is 0.376. The van der Waals surface area contributed by atoms with Crippen LogP contribution >= 0.6 is 11.8 Å². The molecule has 0 aromatic heterocycles. The van der Waals surface area contributed by atoms with E-state index >= 15 is 0 Å². The fourth-order valence-corrected chi connectivity index (χ4v) is 8.07. The standard InChI is InChI=1S/C29H60O4SSi/c1-5-9-10-11-12-13-14-15-16-17-18-19-20-21-23-26-29(30)34-27-24-22-25-28-35(31-6-2,32-7-3)33-8-4/h5-28H2,1-4H3. The third kappa shape index (κ3) is 23.0. The highest BCUT2D eigenvalue weighted by Crippen LogP contribution is 2.21. The Hall–Kier alpha value is 0.117. The third-order valence-electron chi connectivity index (χ3n) is 6.47. The van der Waals surface area contributed by atoms with Gasteiger partial charge in [0.05, 0.1) is 0 Å². The van der Waals surface area contributed by atoms with Gasteiger partial charge in [-0.05, 0) is 40.0 Å². The van der Waals surface area contributed by atoms with E-state index < -0.39 is 8.80 Å². The van der Waals surface area contributed by atoms with Gasteiger partial charge in [-0.3, -0.25) is 4.79 Å². The summed E-state index contributed by atoms with van der Waals surface area (Å²) in [6.07, 6.45) is 24.4. The van der Waals surface area contributed by atoms with Crippen LogP contribution in [-0.2, 0) is 18.1 Å². The Morgan fingerprint density at radius 3 is 1.37 bits per heavy atom. The van der Waals surface area contributed by atoms with Gasteiger partial charge >= 0.3 is 8.80 Å². The van der Waals surface area contributed by atoms with E-state index in [0.29, 0.717) is 24.9 Å². The first-order valence-electron chi connectivity index (χ1n) is 15.2. The maximum atomic E-state index is 12.1. The number of rotatable bonds is 28. The van der Waals surface area contributed by atoms with Gasteiger partial charge in [0.25, 0.3) is 0 Å². The van der Waals surface area contributed by atoms with Crippen molar-refractivity contribution in [3.8, 4) is 0 Å². The van der Waals surface area contributed by atoms with E-state index in [2.05, 4.69) is 6.92 Å². The summed E-state index contributed by atoms with van der Waals surface area (Å²) in [7, 11) is -2.50. The van der Waals surface area contributed by atoms with Gasteiger partial charge in [0.2, 0.25) is 0 Å². The lowest BCUT2D eigenvalue weighted by atomic mass is 10.0. The number of hydrogen-bond donors (Lipinski definition) is 0. The second kappa shape index (κ2) is 27.2. The predicted molar refractivity (Wildman–Crippen MR) is 156 cm³/mol. The molecule has 0 aliphatic heterocycles. The molecule has 0 spiro atoms. The largest absolute Gasteiger partial charge is 0.500 e. The lowest BCUT2D eigenvalue weighted by Gasteiger charge is -2.28. The highest BCUT2D eigenvalue weighted by molar-refractivity contribution is 8.13. The van der Waals surface area contributed by atoms with Crippen molar-refractivity contribution in [2.45, 2.75) is 156 Å². The average Bonchev–Trinajstić information content (AvgIpc) is 2.84. The van der Waals surface area contributed by atoms with Crippen LogP contribution in [0, 0.1) is 0 Å². The molecule has 0 atom stereocenters. The maximum Gasteiger partial charge on any atom is 0.500 e. The summed E-state index contributed by atoms with van der Waals surface area (Å²) in [5.41, 5.74) is 0. The van der Waals surface area contributed by atoms with E-state index in [9.17, 15) is 4.79 Å². The number of thioether (sulfide) groups is 1.